The Morgan fingerprint density at radius 3 is 2.40 bits per heavy atom. The first-order valence-corrected chi connectivity index (χ1v) is 5.29. The van der Waals surface area contributed by atoms with E-state index in [1.807, 2.05) is 6.92 Å². The van der Waals surface area contributed by atoms with E-state index in [1.165, 1.54) is 19.3 Å². The van der Waals surface area contributed by atoms with Gasteiger partial charge in [-0.05, 0) is 19.8 Å². The highest BCUT2D eigenvalue weighted by Gasteiger charge is 2.00. The van der Waals surface area contributed by atoms with Crippen molar-refractivity contribution in [1.82, 2.24) is 0 Å². The summed E-state index contributed by atoms with van der Waals surface area (Å²) in [5.74, 6) is 0. The average molecular weight is 240 g/mol. The van der Waals surface area contributed by atoms with Crippen LogP contribution in [0, 0.1) is 4.91 Å². The van der Waals surface area contributed by atoms with Crippen LogP contribution in [0.1, 0.15) is 46.0 Å². The Bertz CT molecular complexity index is 162. The third-order valence-corrected chi connectivity index (χ3v) is 1.69. The molecule has 0 aromatic rings. The van der Waals surface area contributed by atoms with Crippen molar-refractivity contribution in [3.05, 3.63) is 4.91 Å². The van der Waals surface area contributed by atoms with Crippen molar-refractivity contribution in [2.75, 3.05) is 0 Å². The van der Waals surface area contributed by atoms with Crippen LogP contribution in [0.4, 0.5) is 4.79 Å². The van der Waals surface area contributed by atoms with Gasteiger partial charge in [0.15, 0.2) is 5.34 Å². The predicted octanol–water partition coefficient (Wildman–Crippen LogP) is 3.95. The summed E-state index contributed by atoms with van der Waals surface area (Å²) in [5, 5.41) is 9.57. The van der Waals surface area contributed by atoms with E-state index in [0.29, 0.717) is 0 Å². The molecular weight excluding hydrogens is 222 g/mol. The van der Waals surface area contributed by atoms with Gasteiger partial charge in [0.1, 0.15) is 6.10 Å². The van der Waals surface area contributed by atoms with Gasteiger partial charge in [0, 0.05) is 11.6 Å². The molecule has 0 bridgehead atoms. The zero-order valence-corrected chi connectivity index (χ0v) is 9.87. The van der Waals surface area contributed by atoms with E-state index in [1.54, 1.807) is 0 Å². The fourth-order valence-corrected chi connectivity index (χ4v) is 0.985. The van der Waals surface area contributed by atoms with Gasteiger partial charge >= 0.3 is 5.43 Å². The molecule has 0 heterocycles. The van der Waals surface area contributed by atoms with Crippen molar-refractivity contribution in [3.8, 4) is 0 Å². The topological polar surface area (TPSA) is 76.0 Å². The minimum atomic E-state index is -1.36. The van der Waals surface area contributed by atoms with Crippen LogP contribution >= 0.6 is 11.6 Å². The van der Waals surface area contributed by atoms with Gasteiger partial charge in [0.25, 0.3) is 0 Å². The second-order valence-electron chi connectivity index (χ2n) is 3.09. The Morgan fingerprint density at radius 2 is 2.00 bits per heavy atom. The van der Waals surface area contributed by atoms with Crippen LogP contribution in [0.25, 0.3) is 0 Å². The van der Waals surface area contributed by atoms with Gasteiger partial charge in [-0.3, -0.25) is 0 Å². The summed E-state index contributed by atoms with van der Waals surface area (Å²) in [5.41, 5.74) is -1.36. The monoisotopic (exact) mass is 239 g/mol. The molecule has 6 heteroatoms. The van der Waals surface area contributed by atoms with Gasteiger partial charge in [-0.15, -0.1) is 4.91 Å². The van der Waals surface area contributed by atoms with Gasteiger partial charge in [-0.1, -0.05) is 26.2 Å². The van der Waals surface area contributed by atoms with Crippen molar-refractivity contribution in [2.24, 2.45) is 5.34 Å². The molecule has 0 radical (unpaired) electrons. The lowest BCUT2D eigenvalue weighted by molar-refractivity contribution is 0.0607. The number of hydrogen-bond donors (Lipinski definition) is 1. The van der Waals surface area contributed by atoms with E-state index in [-0.39, 0.29) is 6.10 Å². The molecule has 0 aliphatic heterocycles. The summed E-state index contributed by atoms with van der Waals surface area (Å²) < 4.78 is 0. The number of unbranched alkanes of at least 4 members (excludes halogenated alkanes) is 3. The van der Waals surface area contributed by atoms with Gasteiger partial charge in [0.2, 0.25) is 0 Å². The molecule has 0 rings (SSSR count). The molecule has 0 aromatic carbocycles. The first kappa shape index (κ1) is 16.6. The van der Waals surface area contributed by atoms with Crippen LogP contribution in [-0.2, 0) is 4.84 Å². The molecular formula is C9H18ClNO4. The van der Waals surface area contributed by atoms with Gasteiger partial charge < -0.3 is 9.94 Å². The normalized spacial score (nSPS) is 10.9. The third-order valence-electron chi connectivity index (χ3n) is 1.69. The standard InChI is InChI=1S/C8H17NO2.CHClO2/c1-3-4-5-6-7-8(2)11-9-10;2-1(3)4/h8H,3-7H2,1-2H3;(H,3,4). The highest BCUT2D eigenvalue weighted by molar-refractivity contribution is 6.60. The molecule has 0 fully saturated rings. The molecule has 90 valence electrons. The van der Waals surface area contributed by atoms with E-state index >= 15 is 0 Å². The molecule has 1 N–H and O–H groups in total. The molecule has 5 nitrogen and oxygen atoms in total. The van der Waals surface area contributed by atoms with Crippen LogP contribution in [0.3, 0.4) is 0 Å². The van der Waals surface area contributed by atoms with Crippen molar-refractivity contribution >= 4 is 17.0 Å². The van der Waals surface area contributed by atoms with E-state index < -0.39 is 5.43 Å². The highest BCUT2D eigenvalue weighted by atomic mass is 35.5. The summed E-state index contributed by atoms with van der Waals surface area (Å²) in [6, 6.07) is 0. The maximum atomic E-state index is 9.63. The summed E-state index contributed by atoms with van der Waals surface area (Å²) in [6.07, 6.45) is 5.78. The van der Waals surface area contributed by atoms with Crippen LogP contribution in [0.2, 0.25) is 0 Å². The number of hydrogen-bond acceptors (Lipinski definition) is 4. The molecule has 0 amide bonds. The average Bonchev–Trinajstić information content (AvgIpc) is 2.12. The quantitative estimate of drug-likeness (QED) is 0.316. The number of rotatable bonds is 7. The molecule has 0 spiro atoms. The highest BCUT2D eigenvalue weighted by Crippen LogP contribution is 2.07. The second-order valence-corrected chi connectivity index (χ2v) is 3.42. The van der Waals surface area contributed by atoms with Crippen molar-refractivity contribution < 1.29 is 14.7 Å². The Morgan fingerprint density at radius 1 is 1.47 bits per heavy atom. The lowest BCUT2D eigenvalue weighted by Gasteiger charge is -2.05. The zero-order valence-electron chi connectivity index (χ0n) is 9.11. The van der Waals surface area contributed by atoms with Crippen LogP contribution in [0.5, 0.6) is 0 Å². The maximum Gasteiger partial charge on any atom is 0.401 e. The zero-order chi connectivity index (χ0) is 12.1. The summed E-state index contributed by atoms with van der Waals surface area (Å²) >= 11 is 4.19. The first-order valence-electron chi connectivity index (χ1n) is 4.91. The first-order chi connectivity index (χ1) is 7.04. The fraction of sp³-hybridized carbons (Fsp3) is 0.889. The molecule has 1 atom stereocenters. The molecule has 0 saturated heterocycles. The number of nitrogens with zero attached hydrogens (tertiary/aromatic N) is 1. The summed E-state index contributed by atoms with van der Waals surface area (Å²) in [6.45, 7) is 4.04. The van der Waals surface area contributed by atoms with Crippen molar-refractivity contribution in [2.45, 2.75) is 52.1 Å². The fourth-order valence-electron chi connectivity index (χ4n) is 0.985. The van der Waals surface area contributed by atoms with Crippen LogP contribution in [0.15, 0.2) is 5.34 Å². The number of halogens is 1. The predicted molar refractivity (Wildman–Crippen MR) is 59.0 cm³/mol. The van der Waals surface area contributed by atoms with Gasteiger partial charge in [-0.25, -0.2) is 4.79 Å². The number of carboxylic acid groups (broad SMARTS) is 1. The SMILES string of the molecule is CCCCCCC(C)ON=O.O=C(O)Cl. The molecule has 1 unspecified atom stereocenters. The summed E-state index contributed by atoms with van der Waals surface area (Å²) in [7, 11) is 0. The Balaban J connectivity index is 0. The van der Waals surface area contributed by atoms with E-state index in [0.717, 1.165) is 12.8 Å². The van der Waals surface area contributed by atoms with Crippen LogP contribution in [-0.4, -0.2) is 16.6 Å². The second kappa shape index (κ2) is 13.2. The lowest BCUT2D eigenvalue weighted by atomic mass is 10.1. The Labute approximate surface area is 94.7 Å². The van der Waals surface area contributed by atoms with Gasteiger partial charge in [0.05, 0.1) is 0 Å². The van der Waals surface area contributed by atoms with Crippen LogP contribution < -0.4 is 0 Å². The molecule has 0 saturated carbocycles. The van der Waals surface area contributed by atoms with Crippen molar-refractivity contribution in [1.29, 1.82) is 0 Å². The summed E-state index contributed by atoms with van der Waals surface area (Å²) in [4.78, 5) is 22.9. The Kier molecular flexibility index (Phi) is 14.6. The van der Waals surface area contributed by atoms with E-state index in [4.69, 9.17) is 9.90 Å². The minimum Gasteiger partial charge on any atom is -0.469 e. The molecule has 0 aliphatic carbocycles. The third kappa shape index (κ3) is 24.6. The van der Waals surface area contributed by atoms with Gasteiger partial charge in [-0.2, -0.15) is 0 Å². The smallest absolute Gasteiger partial charge is 0.401 e. The maximum absolute atomic E-state index is 9.63. The lowest BCUT2D eigenvalue weighted by Crippen LogP contribution is -2.02. The molecule has 0 aliphatic rings. The molecule has 15 heavy (non-hydrogen) atoms. The van der Waals surface area contributed by atoms with E-state index in [2.05, 4.69) is 28.7 Å². The van der Waals surface area contributed by atoms with E-state index in [9.17, 15) is 4.91 Å². The Hall–Kier alpha value is -0.840. The van der Waals surface area contributed by atoms with Crippen molar-refractivity contribution in [3.63, 3.8) is 0 Å². The molecule has 0 aromatic heterocycles. The number of carbonyl (C=O) groups is 1. The minimum absolute atomic E-state index is 0.00986. The largest absolute Gasteiger partial charge is 0.469 e.